The smallest absolute Gasteiger partial charge is 0.224 e. The molecule has 3 aromatic rings. The van der Waals surface area contributed by atoms with Crippen LogP contribution in [0.2, 0.25) is 0 Å². The predicted molar refractivity (Wildman–Crippen MR) is 124 cm³/mol. The molecule has 2 aliphatic carbocycles. The molecule has 2 aliphatic rings. The van der Waals surface area contributed by atoms with Gasteiger partial charge in [0.25, 0.3) is 0 Å². The van der Waals surface area contributed by atoms with Gasteiger partial charge in [0.1, 0.15) is 22.4 Å². The van der Waals surface area contributed by atoms with Gasteiger partial charge in [0.15, 0.2) is 0 Å². The number of aryl methyl sites for hydroxylation is 1. The van der Waals surface area contributed by atoms with Crippen molar-refractivity contribution in [3.8, 4) is 10.6 Å². The van der Waals surface area contributed by atoms with Gasteiger partial charge in [-0.2, -0.15) is 4.98 Å². The van der Waals surface area contributed by atoms with E-state index < -0.39 is 18.2 Å². The molecule has 5 rings (SSSR count). The van der Waals surface area contributed by atoms with Gasteiger partial charge in [-0.3, -0.25) is 4.98 Å². The van der Waals surface area contributed by atoms with E-state index in [1.54, 1.807) is 11.3 Å². The van der Waals surface area contributed by atoms with Crippen molar-refractivity contribution in [1.82, 2.24) is 19.9 Å². The third-order valence-corrected chi connectivity index (χ3v) is 7.33. The Morgan fingerprint density at radius 3 is 2.66 bits per heavy atom. The molecule has 3 heterocycles. The Labute approximate surface area is 190 Å². The number of aliphatic hydroxyl groups is 3. The van der Waals surface area contributed by atoms with Crippen LogP contribution in [0.1, 0.15) is 43.5 Å². The monoisotopic (exact) mass is 456 g/mol. The highest BCUT2D eigenvalue weighted by Gasteiger charge is 2.41. The number of nitrogens with zero attached hydrogens (tertiary/aromatic N) is 4. The minimum Gasteiger partial charge on any atom is -0.396 e. The van der Waals surface area contributed by atoms with Crippen LogP contribution in [0.25, 0.3) is 20.8 Å². The van der Waals surface area contributed by atoms with E-state index in [0.29, 0.717) is 30.6 Å². The lowest BCUT2D eigenvalue weighted by Gasteiger charge is -2.21. The molecule has 5 N–H and O–H groups in total. The molecule has 0 unspecified atom stereocenters. The minimum absolute atomic E-state index is 0.177. The Morgan fingerprint density at radius 2 is 1.97 bits per heavy atom. The van der Waals surface area contributed by atoms with E-state index in [0.717, 1.165) is 45.0 Å². The Morgan fingerprint density at radius 1 is 1.16 bits per heavy atom. The highest BCUT2D eigenvalue weighted by molar-refractivity contribution is 7.21. The summed E-state index contributed by atoms with van der Waals surface area (Å²) in [5.74, 6) is 1.16. The largest absolute Gasteiger partial charge is 0.396 e. The first-order valence-electron chi connectivity index (χ1n) is 11.1. The summed E-state index contributed by atoms with van der Waals surface area (Å²) < 4.78 is 1.08. The van der Waals surface area contributed by atoms with Crippen LogP contribution in [0.5, 0.6) is 0 Å². The van der Waals surface area contributed by atoms with Gasteiger partial charge in [0, 0.05) is 31.2 Å². The number of fused-ring (bicyclic) bond motifs is 1. The lowest BCUT2D eigenvalue weighted by atomic mass is 10.1. The first-order chi connectivity index (χ1) is 15.5. The highest BCUT2D eigenvalue weighted by atomic mass is 32.1. The van der Waals surface area contributed by atoms with Gasteiger partial charge >= 0.3 is 0 Å². The molecule has 4 atom stereocenters. The molecule has 32 heavy (non-hydrogen) atoms. The molecule has 0 radical (unpaired) electrons. The van der Waals surface area contributed by atoms with Crippen LogP contribution in [0.3, 0.4) is 0 Å². The summed E-state index contributed by atoms with van der Waals surface area (Å²) in [6, 6.07) is 1.55. The molecule has 170 valence electrons. The van der Waals surface area contributed by atoms with Crippen molar-refractivity contribution < 1.29 is 15.3 Å². The van der Waals surface area contributed by atoms with E-state index >= 15 is 0 Å². The molecule has 0 amide bonds. The number of nitrogens with one attached hydrogen (secondary N) is 2. The standard InChI is InChI=1S/C22H28N6O3S/c1-3-23-22-25-10(2)15(20(28-22)26-13-8-12(9-29)18(30)19(13)31)21-27-17-14(32-21)6-7-24-16(17)11-4-5-11/h6-7,11-13,18-19,29-31H,3-5,8-9H2,1-2H3,(H2,23,25,26,28)/t12-,13-,18-,19+/m1/s1. The Kier molecular flexibility index (Phi) is 5.70. The summed E-state index contributed by atoms with van der Waals surface area (Å²) in [4.78, 5) is 18.8. The van der Waals surface area contributed by atoms with Crippen LogP contribution >= 0.6 is 11.3 Å². The second kappa shape index (κ2) is 8.51. The van der Waals surface area contributed by atoms with E-state index in [1.165, 1.54) is 0 Å². The van der Waals surface area contributed by atoms with Crippen LogP contribution in [-0.4, -0.2) is 66.7 Å². The Bertz CT molecular complexity index is 1130. The van der Waals surface area contributed by atoms with Crippen LogP contribution in [-0.2, 0) is 0 Å². The average Bonchev–Trinajstić information content (AvgIpc) is 3.47. The molecule has 0 aromatic carbocycles. The molecule has 0 bridgehead atoms. The average molecular weight is 457 g/mol. The molecular weight excluding hydrogens is 428 g/mol. The number of aromatic nitrogens is 4. The van der Waals surface area contributed by atoms with Crippen molar-refractivity contribution in [2.24, 2.45) is 5.92 Å². The first-order valence-corrected chi connectivity index (χ1v) is 11.9. The second-order valence-corrected chi connectivity index (χ2v) is 9.66. The van der Waals surface area contributed by atoms with Gasteiger partial charge < -0.3 is 26.0 Å². The number of anilines is 2. The maximum absolute atomic E-state index is 10.5. The normalized spacial score (nSPS) is 25.4. The first kappa shape index (κ1) is 21.4. The minimum atomic E-state index is -1.00. The number of thiazole rings is 1. The summed E-state index contributed by atoms with van der Waals surface area (Å²) in [5, 5.41) is 37.6. The molecule has 10 heteroatoms. The molecule has 0 aliphatic heterocycles. The summed E-state index contributed by atoms with van der Waals surface area (Å²) in [6.45, 7) is 4.39. The van der Waals surface area contributed by atoms with Gasteiger partial charge in [-0.05, 0) is 39.2 Å². The van der Waals surface area contributed by atoms with Gasteiger partial charge in [-0.15, -0.1) is 11.3 Å². The van der Waals surface area contributed by atoms with Gasteiger partial charge in [-0.25, -0.2) is 9.97 Å². The molecule has 3 aromatic heterocycles. The molecule has 0 saturated heterocycles. The van der Waals surface area contributed by atoms with Gasteiger partial charge in [-0.1, -0.05) is 0 Å². The summed E-state index contributed by atoms with van der Waals surface area (Å²) in [6.07, 6.45) is 2.61. The molecule has 0 spiro atoms. The third-order valence-electron chi connectivity index (χ3n) is 6.30. The van der Waals surface area contributed by atoms with Crippen LogP contribution in [0.4, 0.5) is 11.8 Å². The number of aliphatic hydroxyl groups excluding tert-OH is 3. The molecule has 2 saturated carbocycles. The van der Waals surface area contributed by atoms with Crippen molar-refractivity contribution in [3.63, 3.8) is 0 Å². The lowest BCUT2D eigenvalue weighted by Crippen LogP contribution is -2.35. The second-order valence-electron chi connectivity index (χ2n) is 8.63. The number of pyridine rings is 1. The molecule has 2 fully saturated rings. The predicted octanol–water partition coefficient (Wildman–Crippen LogP) is 2.28. The van der Waals surface area contributed by atoms with Crippen LogP contribution in [0.15, 0.2) is 12.3 Å². The molecule has 9 nitrogen and oxygen atoms in total. The summed E-state index contributed by atoms with van der Waals surface area (Å²) >= 11 is 1.58. The maximum Gasteiger partial charge on any atom is 0.224 e. The van der Waals surface area contributed by atoms with E-state index in [9.17, 15) is 15.3 Å². The third kappa shape index (κ3) is 3.81. The quantitative estimate of drug-likeness (QED) is 0.363. The van der Waals surface area contributed by atoms with Crippen molar-refractivity contribution in [2.45, 2.75) is 57.3 Å². The number of hydrogen-bond donors (Lipinski definition) is 5. The zero-order chi connectivity index (χ0) is 22.4. The van der Waals surface area contributed by atoms with E-state index in [1.807, 2.05) is 26.1 Å². The van der Waals surface area contributed by atoms with Crippen molar-refractivity contribution in [2.75, 3.05) is 23.8 Å². The van der Waals surface area contributed by atoms with E-state index in [-0.39, 0.29) is 12.5 Å². The van der Waals surface area contributed by atoms with Gasteiger partial charge in [0.2, 0.25) is 5.95 Å². The van der Waals surface area contributed by atoms with Gasteiger partial charge in [0.05, 0.1) is 33.8 Å². The number of hydrogen-bond acceptors (Lipinski definition) is 10. The van der Waals surface area contributed by atoms with Crippen LogP contribution in [0, 0.1) is 12.8 Å². The van der Waals surface area contributed by atoms with Crippen molar-refractivity contribution in [3.05, 3.63) is 23.7 Å². The highest BCUT2D eigenvalue weighted by Crippen LogP contribution is 2.44. The topological polar surface area (TPSA) is 136 Å². The Balaban J connectivity index is 1.57. The van der Waals surface area contributed by atoms with Crippen LogP contribution < -0.4 is 10.6 Å². The SMILES string of the molecule is CCNc1nc(C)c(-c2nc3c(C4CC4)nccc3s2)c(N[C@@H]2C[C@H](CO)[C@@H](O)[C@H]2O)n1. The zero-order valence-corrected chi connectivity index (χ0v) is 18.9. The van der Waals surface area contributed by atoms with Crippen molar-refractivity contribution in [1.29, 1.82) is 0 Å². The van der Waals surface area contributed by atoms with E-state index in [4.69, 9.17) is 4.98 Å². The fourth-order valence-electron chi connectivity index (χ4n) is 4.43. The maximum atomic E-state index is 10.5. The number of rotatable bonds is 7. The van der Waals surface area contributed by atoms with Crippen molar-refractivity contribution >= 4 is 33.3 Å². The molecular formula is C22H28N6O3S. The van der Waals surface area contributed by atoms with E-state index in [2.05, 4.69) is 25.6 Å². The fraction of sp³-hybridized carbons (Fsp3) is 0.545. The zero-order valence-electron chi connectivity index (χ0n) is 18.1. The Hall–Kier alpha value is -2.40. The lowest BCUT2D eigenvalue weighted by molar-refractivity contribution is 0.00446. The summed E-state index contributed by atoms with van der Waals surface area (Å²) in [5.41, 5.74) is 3.55. The fourth-order valence-corrected chi connectivity index (χ4v) is 5.50. The summed E-state index contributed by atoms with van der Waals surface area (Å²) in [7, 11) is 0.